The fraction of sp³-hybridized carbons (Fsp3) is 0.538. The second-order valence-electron chi connectivity index (χ2n) is 4.62. The average Bonchev–Trinajstić information content (AvgIpc) is 2.23. The number of rotatable bonds is 2. The molecule has 0 amide bonds. The van der Waals surface area contributed by atoms with Crippen LogP contribution in [0.2, 0.25) is 0 Å². The molecule has 1 rings (SSSR count). The zero-order valence-corrected chi connectivity index (χ0v) is 11.0. The molecule has 1 aromatic rings. The largest absolute Gasteiger partial charge is 0.435 e. The molecule has 0 aliphatic heterocycles. The summed E-state index contributed by atoms with van der Waals surface area (Å²) in [6.07, 6.45) is -12.3. The van der Waals surface area contributed by atoms with Gasteiger partial charge in [-0.2, -0.15) is 26.3 Å². The van der Waals surface area contributed by atoms with Crippen molar-refractivity contribution in [1.29, 1.82) is 0 Å². The zero-order chi connectivity index (χ0) is 15.9. The molecule has 0 radical (unpaired) electrons. The number of hydrogen-bond donors (Lipinski definition) is 0. The third kappa shape index (κ3) is 2.50. The molecule has 0 unspecified atom stereocenters. The Kier molecular flexibility index (Phi) is 4.14. The van der Waals surface area contributed by atoms with Gasteiger partial charge in [-0.1, -0.05) is 24.6 Å². The van der Waals surface area contributed by atoms with Crippen molar-refractivity contribution >= 4 is 0 Å². The van der Waals surface area contributed by atoms with E-state index in [1.165, 1.54) is 13.8 Å². The van der Waals surface area contributed by atoms with Crippen molar-refractivity contribution in [2.45, 2.75) is 45.2 Å². The Morgan fingerprint density at radius 3 is 1.65 bits per heavy atom. The lowest BCUT2D eigenvalue weighted by Crippen LogP contribution is -2.51. The van der Waals surface area contributed by atoms with E-state index in [-0.39, 0.29) is 17.5 Å². The maximum atomic E-state index is 14.1. The van der Waals surface area contributed by atoms with Gasteiger partial charge in [-0.3, -0.25) is 0 Å². The van der Waals surface area contributed by atoms with Crippen LogP contribution in [0.5, 0.6) is 0 Å². The van der Waals surface area contributed by atoms with Gasteiger partial charge in [0.25, 0.3) is 0 Å². The van der Waals surface area contributed by atoms with E-state index in [2.05, 4.69) is 0 Å². The molecular formula is C13H13F7. The molecule has 0 spiro atoms. The third-order valence-corrected chi connectivity index (χ3v) is 3.07. The Morgan fingerprint density at radius 1 is 0.850 bits per heavy atom. The molecule has 0 aliphatic rings. The molecule has 0 N–H and O–H groups in total. The maximum Gasteiger partial charge on any atom is 0.435 e. The van der Waals surface area contributed by atoms with Crippen LogP contribution in [0, 0.1) is 13.8 Å². The van der Waals surface area contributed by atoms with Crippen molar-refractivity contribution in [2.75, 3.05) is 0 Å². The Bertz CT molecular complexity index is 483. The predicted octanol–water partition coefficient (Wildman–Crippen LogP) is 5.16. The van der Waals surface area contributed by atoms with Crippen LogP contribution in [0.25, 0.3) is 0 Å². The Balaban J connectivity index is 3.77. The third-order valence-electron chi connectivity index (χ3n) is 3.07. The summed E-state index contributed by atoms with van der Waals surface area (Å²) in [7, 11) is 0. The van der Waals surface area contributed by atoms with Crippen molar-refractivity contribution in [1.82, 2.24) is 0 Å². The fourth-order valence-electron chi connectivity index (χ4n) is 2.27. The average molecular weight is 302 g/mol. The number of benzene rings is 1. The highest BCUT2D eigenvalue weighted by Gasteiger charge is 2.74. The molecule has 0 atom stereocenters. The Morgan fingerprint density at radius 2 is 1.30 bits per heavy atom. The highest BCUT2D eigenvalue weighted by Crippen LogP contribution is 2.55. The highest BCUT2D eigenvalue weighted by molar-refractivity contribution is 5.44. The standard InChI is InChI=1S/C13H13F7/c1-4-9-6-7(2)5-8(3)10(9)11(14,12(15,16)17)13(18,19)20/h5-6H,4H2,1-3H3. The second kappa shape index (κ2) is 4.93. The van der Waals surface area contributed by atoms with Crippen LogP contribution >= 0.6 is 0 Å². The summed E-state index contributed by atoms with van der Waals surface area (Å²) in [6, 6.07) is 2.26. The topological polar surface area (TPSA) is 0 Å². The molecule has 0 fully saturated rings. The molecule has 114 valence electrons. The van der Waals surface area contributed by atoms with E-state index in [0.717, 1.165) is 19.1 Å². The molecule has 0 nitrogen and oxygen atoms in total. The van der Waals surface area contributed by atoms with Crippen LogP contribution in [0.15, 0.2) is 12.1 Å². The maximum absolute atomic E-state index is 14.1. The molecule has 0 aliphatic carbocycles. The molecule has 20 heavy (non-hydrogen) atoms. The van der Waals surface area contributed by atoms with E-state index in [1.54, 1.807) is 0 Å². The van der Waals surface area contributed by atoms with Gasteiger partial charge < -0.3 is 0 Å². The van der Waals surface area contributed by atoms with Gasteiger partial charge in [0.2, 0.25) is 0 Å². The first-order valence-electron chi connectivity index (χ1n) is 5.79. The van der Waals surface area contributed by atoms with Crippen LogP contribution < -0.4 is 0 Å². The number of alkyl halides is 7. The summed E-state index contributed by atoms with van der Waals surface area (Å²) in [5.41, 5.74) is -6.87. The molecule has 0 heterocycles. The first kappa shape index (κ1) is 16.8. The zero-order valence-electron chi connectivity index (χ0n) is 11.0. The first-order valence-corrected chi connectivity index (χ1v) is 5.79. The molecule has 0 saturated heterocycles. The SMILES string of the molecule is CCc1cc(C)cc(C)c1C(F)(C(F)(F)F)C(F)(F)F. The molecular weight excluding hydrogens is 289 g/mol. The van der Waals surface area contributed by atoms with Crippen molar-refractivity contribution in [3.05, 3.63) is 34.4 Å². The van der Waals surface area contributed by atoms with Crippen molar-refractivity contribution in [2.24, 2.45) is 0 Å². The minimum absolute atomic E-state index is 0.129. The van der Waals surface area contributed by atoms with Crippen LogP contribution in [-0.4, -0.2) is 12.4 Å². The van der Waals surface area contributed by atoms with Crippen molar-refractivity contribution in [3.8, 4) is 0 Å². The minimum atomic E-state index is -6.07. The van der Waals surface area contributed by atoms with Crippen molar-refractivity contribution < 1.29 is 30.7 Å². The number of aryl methyl sites for hydroxylation is 3. The van der Waals surface area contributed by atoms with Gasteiger partial charge in [0.1, 0.15) is 0 Å². The summed E-state index contributed by atoms with van der Waals surface area (Å²) in [6.45, 7) is 3.95. The summed E-state index contributed by atoms with van der Waals surface area (Å²) in [5.74, 6) is 0. The Labute approximate surface area is 111 Å². The molecule has 0 saturated carbocycles. The lowest BCUT2D eigenvalue weighted by molar-refractivity contribution is -0.349. The van der Waals surface area contributed by atoms with E-state index >= 15 is 0 Å². The van der Waals surface area contributed by atoms with Gasteiger partial charge in [0, 0.05) is 5.56 Å². The van der Waals surface area contributed by atoms with Crippen LogP contribution in [0.1, 0.15) is 29.2 Å². The number of hydrogen-bond acceptors (Lipinski definition) is 0. The predicted molar refractivity (Wildman–Crippen MR) is 60.2 cm³/mol. The minimum Gasteiger partial charge on any atom is -0.218 e. The second-order valence-corrected chi connectivity index (χ2v) is 4.62. The summed E-state index contributed by atoms with van der Waals surface area (Å²) in [4.78, 5) is 0. The monoisotopic (exact) mass is 302 g/mol. The molecule has 0 bridgehead atoms. The molecule has 0 aromatic heterocycles. The van der Waals surface area contributed by atoms with Gasteiger partial charge in [0.15, 0.2) is 0 Å². The van der Waals surface area contributed by atoms with Gasteiger partial charge >= 0.3 is 18.0 Å². The van der Waals surface area contributed by atoms with Crippen molar-refractivity contribution in [3.63, 3.8) is 0 Å². The summed E-state index contributed by atoms with van der Waals surface area (Å²) in [5, 5.41) is 0. The van der Waals surface area contributed by atoms with Gasteiger partial charge in [0.05, 0.1) is 0 Å². The Hall–Kier alpha value is -1.27. The lowest BCUT2D eigenvalue weighted by atomic mass is 9.84. The normalized spacial score (nSPS) is 13.7. The summed E-state index contributed by atoms with van der Waals surface area (Å²) < 4.78 is 90.9. The van der Waals surface area contributed by atoms with Crippen LogP contribution in [0.4, 0.5) is 30.7 Å². The van der Waals surface area contributed by atoms with Gasteiger partial charge in [-0.25, -0.2) is 4.39 Å². The van der Waals surface area contributed by atoms with E-state index in [0.29, 0.717) is 5.56 Å². The lowest BCUT2D eigenvalue weighted by Gasteiger charge is -2.33. The van der Waals surface area contributed by atoms with E-state index < -0.39 is 23.6 Å². The van der Waals surface area contributed by atoms with Gasteiger partial charge in [-0.05, 0) is 31.4 Å². The summed E-state index contributed by atoms with van der Waals surface area (Å²) >= 11 is 0. The fourth-order valence-corrected chi connectivity index (χ4v) is 2.27. The quantitative estimate of drug-likeness (QED) is 0.662. The molecule has 7 heteroatoms. The number of halogens is 7. The van der Waals surface area contributed by atoms with Gasteiger partial charge in [-0.15, -0.1) is 0 Å². The van der Waals surface area contributed by atoms with Crippen LogP contribution in [0.3, 0.4) is 0 Å². The van der Waals surface area contributed by atoms with Crippen LogP contribution in [-0.2, 0) is 12.1 Å². The molecule has 1 aromatic carbocycles. The van der Waals surface area contributed by atoms with E-state index in [4.69, 9.17) is 0 Å². The first-order chi connectivity index (χ1) is 8.86. The van der Waals surface area contributed by atoms with E-state index in [9.17, 15) is 30.7 Å². The highest BCUT2D eigenvalue weighted by atomic mass is 19.4. The smallest absolute Gasteiger partial charge is 0.218 e. The van der Waals surface area contributed by atoms with E-state index in [1.807, 2.05) is 0 Å².